The van der Waals surface area contributed by atoms with Gasteiger partial charge in [-0.2, -0.15) is 0 Å². The van der Waals surface area contributed by atoms with Gasteiger partial charge in [0.25, 0.3) is 10.0 Å². The van der Waals surface area contributed by atoms with Crippen molar-refractivity contribution in [2.24, 2.45) is 5.92 Å². The molecule has 0 aromatic heterocycles. The summed E-state index contributed by atoms with van der Waals surface area (Å²) in [6.07, 6.45) is 0.337. The maximum Gasteiger partial charge on any atom is 0.264 e. The van der Waals surface area contributed by atoms with Gasteiger partial charge in [-0.05, 0) is 60.4 Å². The predicted octanol–water partition coefficient (Wildman–Crippen LogP) is 5.88. The molecule has 0 bridgehead atoms. The standard InChI is InChI=1S/C29H33BrClN3O4S/c1-4-27(29(36)32-18-21(2)3)33(19-22-10-8-9-13-26(22)31)28(35)20-34(24-16-14-23(30)15-17-24)39(37,38)25-11-6-5-7-12-25/h5-17,21,27H,4,18-20H2,1-3H3,(H,32,36). The van der Waals surface area contributed by atoms with Crippen LogP contribution < -0.4 is 9.62 Å². The Kier molecular flexibility index (Phi) is 11.0. The number of anilines is 1. The molecule has 0 saturated carbocycles. The Labute approximate surface area is 244 Å². The highest BCUT2D eigenvalue weighted by atomic mass is 79.9. The van der Waals surface area contributed by atoms with Crippen LogP contribution in [0.3, 0.4) is 0 Å². The maximum atomic E-state index is 14.0. The van der Waals surface area contributed by atoms with E-state index in [0.717, 1.165) is 8.78 Å². The molecule has 7 nitrogen and oxygen atoms in total. The van der Waals surface area contributed by atoms with Gasteiger partial charge in [0.15, 0.2) is 0 Å². The predicted molar refractivity (Wildman–Crippen MR) is 159 cm³/mol. The molecule has 2 amide bonds. The molecule has 1 N–H and O–H groups in total. The van der Waals surface area contributed by atoms with Crippen LogP contribution in [0.15, 0.2) is 88.2 Å². The van der Waals surface area contributed by atoms with Crippen LogP contribution in [0, 0.1) is 5.92 Å². The van der Waals surface area contributed by atoms with Crippen molar-refractivity contribution in [3.05, 3.63) is 93.9 Å². The lowest BCUT2D eigenvalue weighted by molar-refractivity contribution is -0.140. The van der Waals surface area contributed by atoms with E-state index >= 15 is 0 Å². The number of carbonyl (C=O) groups is 2. The third-order valence-corrected chi connectivity index (χ3v) is 8.78. The van der Waals surface area contributed by atoms with Gasteiger partial charge in [0.1, 0.15) is 12.6 Å². The molecule has 3 aromatic rings. The molecular formula is C29H33BrClN3O4S. The van der Waals surface area contributed by atoms with E-state index in [0.29, 0.717) is 29.2 Å². The molecular weight excluding hydrogens is 602 g/mol. The monoisotopic (exact) mass is 633 g/mol. The molecule has 3 aromatic carbocycles. The minimum absolute atomic E-state index is 0.0473. The van der Waals surface area contributed by atoms with Crippen LogP contribution >= 0.6 is 27.5 Å². The summed E-state index contributed by atoms with van der Waals surface area (Å²) in [5.74, 6) is -0.598. The van der Waals surface area contributed by atoms with Gasteiger partial charge in [-0.3, -0.25) is 13.9 Å². The SMILES string of the molecule is CCC(C(=O)NCC(C)C)N(Cc1ccccc1Cl)C(=O)CN(c1ccc(Br)cc1)S(=O)(=O)c1ccccc1. The van der Waals surface area contributed by atoms with Crippen LogP contribution in [0.2, 0.25) is 5.02 Å². The summed E-state index contributed by atoms with van der Waals surface area (Å²) in [7, 11) is -4.11. The van der Waals surface area contributed by atoms with Crippen molar-refractivity contribution in [2.75, 3.05) is 17.4 Å². The van der Waals surface area contributed by atoms with Gasteiger partial charge in [0, 0.05) is 22.6 Å². The van der Waals surface area contributed by atoms with Gasteiger partial charge in [0.2, 0.25) is 11.8 Å². The number of hydrogen-bond donors (Lipinski definition) is 1. The first kappa shape index (κ1) is 30.7. The fraction of sp³-hybridized carbons (Fsp3) is 0.310. The van der Waals surface area contributed by atoms with Crippen LogP contribution in [0.25, 0.3) is 0 Å². The summed E-state index contributed by atoms with van der Waals surface area (Å²) in [6, 6.07) is 20.9. The Balaban J connectivity index is 2.04. The van der Waals surface area contributed by atoms with Crippen molar-refractivity contribution in [2.45, 2.75) is 44.7 Å². The summed E-state index contributed by atoms with van der Waals surface area (Å²) in [4.78, 5) is 28.7. The number of nitrogens with one attached hydrogen (secondary N) is 1. The molecule has 0 aliphatic heterocycles. The number of benzene rings is 3. The van der Waals surface area contributed by atoms with E-state index in [2.05, 4.69) is 21.2 Å². The van der Waals surface area contributed by atoms with Crippen LogP contribution in [0.4, 0.5) is 5.69 Å². The van der Waals surface area contributed by atoms with Crippen LogP contribution in [0.5, 0.6) is 0 Å². The van der Waals surface area contributed by atoms with Gasteiger partial charge in [-0.15, -0.1) is 0 Å². The summed E-state index contributed by atoms with van der Waals surface area (Å²) < 4.78 is 29.4. The lowest BCUT2D eigenvalue weighted by atomic mass is 10.1. The van der Waals surface area contributed by atoms with Gasteiger partial charge in [-0.1, -0.05) is 84.7 Å². The van der Waals surface area contributed by atoms with E-state index in [1.807, 2.05) is 20.8 Å². The Hall–Kier alpha value is -2.88. The zero-order valence-corrected chi connectivity index (χ0v) is 25.3. The molecule has 0 spiro atoms. The summed E-state index contributed by atoms with van der Waals surface area (Å²) in [6.45, 7) is 5.79. The molecule has 0 aliphatic carbocycles. The van der Waals surface area contributed by atoms with E-state index in [-0.39, 0.29) is 23.3 Å². The molecule has 0 radical (unpaired) electrons. The topological polar surface area (TPSA) is 86.8 Å². The van der Waals surface area contributed by atoms with Crippen LogP contribution in [-0.2, 0) is 26.2 Å². The maximum absolute atomic E-state index is 14.0. The fourth-order valence-corrected chi connectivity index (χ4v) is 5.90. The molecule has 10 heteroatoms. The van der Waals surface area contributed by atoms with E-state index in [9.17, 15) is 18.0 Å². The molecule has 39 heavy (non-hydrogen) atoms. The lowest BCUT2D eigenvalue weighted by Gasteiger charge is -2.33. The zero-order chi connectivity index (χ0) is 28.6. The molecule has 1 unspecified atom stereocenters. The van der Waals surface area contributed by atoms with Gasteiger partial charge < -0.3 is 10.2 Å². The van der Waals surface area contributed by atoms with Crippen molar-refractivity contribution < 1.29 is 18.0 Å². The number of hydrogen-bond acceptors (Lipinski definition) is 4. The van der Waals surface area contributed by atoms with E-state index in [4.69, 9.17) is 11.6 Å². The largest absolute Gasteiger partial charge is 0.354 e. The highest BCUT2D eigenvalue weighted by Crippen LogP contribution is 2.27. The summed E-state index contributed by atoms with van der Waals surface area (Å²) in [5, 5.41) is 3.37. The summed E-state index contributed by atoms with van der Waals surface area (Å²) in [5.41, 5.74) is 0.981. The second-order valence-electron chi connectivity index (χ2n) is 9.48. The third kappa shape index (κ3) is 8.06. The number of amides is 2. The third-order valence-electron chi connectivity index (χ3n) is 6.09. The van der Waals surface area contributed by atoms with E-state index in [1.54, 1.807) is 66.7 Å². The zero-order valence-electron chi connectivity index (χ0n) is 22.2. The van der Waals surface area contributed by atoms with Crippen molar-refractivity contribution in [1.82, 2.24) is 10.2 Å². The van der Waals surface area contributed by atoms with E-state index in [1.165, 1.54) is 17.0 Å². The number of sulfonamides is 1. The molecule has 0 aliphatic rings. The fourth-order valence-electron chi connectivity index (χ4n) is 4.01. The molecule has 3 rings (SSSR count). The van der Waals surface area contributed by atoms with E-state index < -0.39 is 28.5 Å². The number of carbonyl (C=O) groups excluding carboxylic acids is 2. The second-order valence-corrected chi connectivity index (χ2v) is 12.7. The van der Waals surface area contributed by atoms with Crippen molar-refractivity contribution in [3.63, 3.8) is 0 Å². The van der Waals surface area contributed by atoms with Crippen LogP contribution in [-0.4, -0.2) is 44.3 Å². The molecule has 1 atom stereocenters. The second kappa shape index (κ2) is 14.0. The molecule has 0 fully saturated rings. The first-order valence-corrected chi connectivity index (χ1v) is 15.3. The molecule has 208 valence electrons. The Morgan fingerprint density at radius 2 is 1.56 bits per heavy atom. The molecule has 0 saturated heterocycles. The quantitative estimate of drug-likeness (QED) is 0.270. The normalized spacial score (nSPS) is 12.2. The van der Waals surface area contributed by atoms with Gasteiger partial charge in [-0.25, -0.2) is 8.42 Å². The van der Waals surface area contributed by atoms with Crippen molar-refractivity contribution >= 4 is 55.1 Å². The van der Waals surface area contributed by atoms with Crippen molar-refractivity contribution in [1.29, 1.82) is 0 Å². The Bertz CT molecular complexity index is 1370. The number of nitrogens with zero attached hydrogens (tertiary/aromatic N) is 2. The average molecular weight is 635 g/mol. The molecule has 0 heterocycles. The first-order valence-electron chi connectivity index (χ1n) is 12.7. The van der Waals surface area contributed by atoms with Crippen molar-refractivity contribution in [3.8, 4) is 0 Å². The van der Waals surface area contributed by atoms with Gasteiger partial charge >= 0.3 is 0 Å². The summed E-state index contributed by atoms with van der Waals surface area (Å²) >= 11 is 9.80. The number of rotatable bonds is 12. The lowest BCUT2D eigenvalue weighted by Crippen LogP contribution is -2.52. The minimum Gasteiger partial charge on any atom is -0.354 e. The smallest absolute Gasteiger partial charge is 0.264 e. The highest BCUT2D eigenvalue weighted by molar-refractivity contribution is 9.10. The highest BCUT2D eigenvalue weighted by Gasteiger charge is 2.33. The Morgan fingerprint density at radius 1 is 0.949 bits per heavy atom. The number of halogens is 2. The average Bonchev–Trinajstić information content (AvgIpc) is 2.92. The van der Waals surface area contributed by atoms with Crippen LogP contribution in [0.1, 0.15) is 32.8 Å². The minimum atomic E-state index is -4.11. The van der Waals surface area contributed by atoms with Gasteiger partial charge in [0.05, 0.1) is 10.6 Å². The first-order chi connectivity index (χ1) is 18.5. The Morgan fingerprint density at radius 3 is 2.15 bits per heavy atom.